The molecule has 0 aromatic carbocycles. The number of likely N-dealkylation sites (tertiary alicyclic amines) is 1. The maximum absolute atomic E-state index is 13.4. The van der Waals surface area contributed by atoms with E-state index < -0.39 is 15.4 Å². The van der Waals surface area contributed by atoms with Crippen molar-refractivity contribution in [2.75, 3.05) is 31.9 Å². The van der Waals surface area contributed by atoms with Crippen LogP contribution in [-0.2, 0) is 14.8 Å². The van der Waals surface area contributed by atoms with Crippen molar-refractivity contribution in [1.29, 1.82) is 0 Å². The Kier molecular flexibility index (Phi) is 4.62. The van der Waals surface area contributed by atoms with Crippen LogP contribution in [0.15, 0.2) is 12.5 Å². The Morgan fingerprint density at radius 1 is 1.33 bits per heavy atom. The maximum Gasteiger partial charge on any atom is 0.230 e. The molecule has 4 rings (SSSR count). The summed E-state index contributed by atoms with van der Waals surface area (Å²) in [5, 5.41) is 0. The highest BCUT2D eigenvalue weighted by molar-refractivity contribution is 7.89. The lowest BCUT2D eigenvalue weighted by Gasteiger charge is -2.28. The quantitative estimate of drug-likeness (QED) is 0.738. The van der Waals surface area contributed by atoms with Gasteiger partial charge in [-0.2, -0.15) is 0 Å². The molecule has 1 spiro atoms. The van der Waals surface area contributed by atoms with E-state index in [1.807, 2.05) is 15.7 Å². The van der Waals surface area contributed by atoms with Crippen molar-refractivity contribution in [3.63, 3.8) is 0 Å². The van der Waals surface area contributed by atoms with E-state index in [4.69, 9.17) is 0 Å². The van der Waals surface area contributed by atoms with E-state index in [1.54, 1.807) is 13.3 Å². The molecular formula is C19H30N4O3S. The van der Waals surface area contributed by atoms with Gasteiger partial charge in [0.1, 0.15) is 0 Å². The second kappa shape index (κ2) is 6.58. The standard InChI is InChI=1S/C19H30N4O3S/c1-4-27(25,26)23-10-16(17-11-22(13-20-17)14(2)3)19(12-23)7-8-21(18(19)24)9-15-5-6-15/h11,13-16H,4-10,12H2,1-3H3/t16-,19+/m0/s1. The van der Waals surface area contributed by atoms with Gasteiger partial charge >= 0.3 is 0 Å². The molecule has 27 heavy (non-hydrogen) atoms. The zero-order valence-corrected chi connectivity index (χ0v) is 17.3. The molecule has 0 radical (unpaired) electrons. The third kappa shape index (κ3) is 3.20. The summed E-state index contributed by atoms with van der Waals surface area (Å²) in [7, 11) is -3.34. The summed E-state index contributed by atoms with van der Waals surface area (Å²) < 4.78 is 28.7. The number of hydrogen-bond donors (Lipinski definition) is 0. The van der Waals surface area contributed by atoms with E-state index in [-0.39, 0.29) is 23.6 Å². The molecule has 3 fully saturated rings. The van der Waals surface area contributed by atoms with Crippen molar-refractivity contribution in [2.24, 2.45) is 11.3 Å². The number of nitrogens with zero attached hydrogens (tertiary/aromatic N) is 4. The minimum Gasteiger partial charge on any atom is -0.342 e. The molecule has 3 heterocycles. The fourth-order valence-corrected chi connectivity index (χ4v) is 5.74. The molecule has 150 valence electrons. The van der Waals surface area contributed by atoms with E-state index in [1.165, 1.54) is 17.1 Å². The van der Waals surface area contributed by atoms with Gasteiger partial charge in [-0.3, -0.25) is 4.79 Å². The predicted molar refractivity (Wildman–Crippen MR) is 103 cm³/mol. The molecule has 2 atom stereocenters. The molecule has 8 heteroatoms. The second-order valence-corrected chi connectivity index (χ2v) is 10.9. The van der Waals surface area contributed by atoms with Crippen molar-refractivity contribution in [1.82, 2.24) is 18.8 Å². The maximum atomic E-state index is 13.4. The Labute approximate surface area is 161 Å². The Hall–Kier alpha value is -1.41. The Balaban J connectivity index is 1.68. The molecule has 1 aromatic heterocycles. The fraction of sp³-hybridized carbons (Fsp3) is 0.789. The van der Waals surface area contributed by atoms with Gasteiger partial charge in [-0.1, -0.05) is 0 Å². The highest BCUT2D eigenvalue weighted by atomic mass is 32.2. The van der Waals surface area contributed by atoms with Crippen LogP contribution in [0.1, 0.15) is 57.7 Å². The predicted octanol–water partition coefficient (Wildman–Crippen LogP) is 1.84. The average Bonchev–Trinajstić information content (AvgIpc) is 3.06. The topological polar surface area (TPSA) is 75.5 Å². The summed E-state index contributed by atoms with van der Waals surface area (Å²) >= 11 is 0. The smallest absolute Gasteiger partial charge is 0.230 e. The highest BCUT2D eigenvalue weighted by Gasteiger charge is 2.59. The molecule has 1 aliphatic carbocycles. The summed E-state index contributed by atoms with van der Waals surface area (Å²) in [6.07, 6.45) is 6.92. The number of carbonyl (C=O) groups excluding carboxylic acids is 1. The Morgan fingerprint density at radius 2 is 2.07 bits per heavy atom. The molecule has 0 unspecified atom stereocenters. The first-order chi connectivity index (χ1) is 12.8. The van der Waals surface area contributed by atoms with Crippen LogP contribution in [0.2, 0.25) is 0 Å². The van der Waals surface area contributed by atoms with Gasteiger partial charge in [0.05, 0.1) is 23.2 Å². The van der Waals surface area contributed by atoms with Crippen LogP contribution < -0.4 is 0 Å². The molecule has 1 amide bonds. The van der Waals surface area contributed by atoms with E-state index in [0.717, 1.165) is 18.8 Å². The molecule has 0 N–H and O–H groups in total. The second-order valence-electron chi connectivity index (χ2n) is 8.69. The molecule has 2 saturated heterocycles. The first kappa shape index (κ1) is 18.9. The van der Waals surface area contributed by atoms with Gasteiger partial charge < -0.3 is 9.47 Å². The van der Waals surface area contributed by atoms with E-state index >= 15 is 0 Å². The van der Waals surface area contributed by atoms with Crippen LogP contribution in [0, 0.1) is 11.3 Å². The molecule has 2 aliphatic heterocycles. The van der Waals surface area contributed by atoms with Crippen molar-refractivity contribution < 1.29 is 13.2 Å². The first-order valence-corrected chi connectivity index (χ1v) is 11.7. The van der Waals surface area contributed by atoms with Gasteiger partial charge in [0.15, 0.2) is 0 Å². The monoisotopic (exact) mass is 394 g/mol. The third-order valence-corrected chi connectivity index (χ3v) is 8.36. The lowest BCUT2D eigenvalue weighted by atomic mass is 9.75. The number of imidazole rings is 1. The molecule has 0 bridgehead atoms. The van der Waals surface area contributed by atoms with Gasteiger partial charge in [-0.05, 0) is 46.0 Å². The van der Waals surface area contributed by atoms with Gasteiger partial charge in [0.2, 0.25) is 15.9 Å². The molecule has 7 nitrogen and oxygen atoms in total. The van der Waals surface area contributed by atoms with Crippen LogP contribution >= 0.6 is 0 Å². The minimum atomic E-state index is -3.34. The number of aromatic nitrogens is 2. The average molecular weight is 395 g/mol. The van der Waals surface area contributed by atoms with Crippen LogP contribution in [0.5, 0.6) is 0 Å². The van der Waals surface area contributed by atoms with Crippen LogP contribution in [0.3, 0.4) is 0 Å². The minimum absolute atomic E-state index is 0.0657. The van der Waals surface area contributed by atoms with Crippen LogP contribution in [-0.4, -0.2) is 65.0 Å². The van der Waals surface area contributed by atoms with Crippen molar-refractivity contribution in [3.8, 4) is 0 Å². The summed E-state index contributed by atoms with van der Waals surface area (Å²) in [4.78, 5) is 20.0. The van der Waals surface area contributed by atoms with E-state index in [9.17, 15) is 13.2 Å². The number of amides is 1. The lowest BCUT2D eigenvalue weighted by Crippen LogP contribution is -2.41. The number of hydrogen-bond acceptors (Lipinski definition) is 4. The summed E-state index contributed by atoms with van der Waals surface area (Å²) in [5.41, 5.74) is 0.187. The zero-order valence-electron chi connectivity index (χ0n) is 16.5. The normalized spacial score (nSPS) is 29.6. The zero-order chi connectivity index (χ0) is 19.4. The number of rotatable bonds is 6. The van der Waals surface area contributed by atoms with Crippen LogP contribution in [0.25, 0.3) is 0 Å². The van der Waals surface area contributed by atoms with Gasteiger partial charge in [-0.25, -0.2) is 17.7 Å². The van der Waals surface area contributed by atoms with Gasteiger partial charge in [-0.15, -0.1) is 0 Å². The van der Waals surface area contributed by atoms with Gasteiger partial charge in [0, 0.05) is 44.3 Å². The van der Waals surface area contributed by atoms with E-state index in [2.05, 4.69) is 18.8 Å². The third-order valence-electron chi connectivity index (χ3n) is 6.56. The van der Waals surface area contributed by atoms with E-state index in [0.29, 0.717) is 25.4 Å². The molecular weight excluding hydrogens is 364 g/mol. The highest BCUT2D eigenvalue weighted by Crippen LogP contribution is 2.51. The van der Waals surface area contributed by atoms with Crippen molar-refractivity contribution >= 4 is 15.9 Å². The summed E-state index contributed by atoms with van der Waals surface area (Å²) in [6.45, 7) is 8.05. The number of carbonyl (C=O) groups is 1. The lowest BCUT2D eigenvalue weighted by molar-refractivity contribution is -0.136. The fourth-order valence-electron chi connectivity index (χ4n) is 4.57. The molecule has 1 aromatic rings. The molecule has 1 saturated carbocycles. The SMILES string of the molecule is CCS(=O)(=O)N1C[C@@H](c2cn(C(C)C)cn2)[C@@]2(CCN(CC3CC3)C2=O)C1. The molecule has 3 aliphatic rings. The van der Waals surface area contributed by atoms with Crippen molar-refractivity contribution in [2.45, 2.75) is 52.0 Å². The van der Waals surface area contributed by atoms with Crippen LogP contribution in [0.4, 0.5) is 0 Å². The number of sulfonamides is 1. The summed E-state index contributed by atoms with van der Waals surface area (Å²) in [5.74, 6) is 0.665. The largest absolute Gasteiger partial charge is 0.342 e. The summed E-state index contributed by atoms with van der Waals surface area (Å²) in [6, 6.07) is 0.282. The Morgan fingerprint density at radius 3 is 2.67 bits per heavy atom. The van der Waals surface area contributed by atoms with Gasteiger partial charge in [0.25, 0.3) is 0 Å². The first-order valence-electron chi connectivity index (χ1n) is 10.1. The van der Waals surface area contributed by atoms with Crippen molar-refractivity contribution in [3.05, 3.63) is 18.2 Å². The Bertz CT molecular complexity index is 830.